The Balaban J connectivity index is 1.37. The molecule has 12 heteroatoms. The van der Waals surface area contributed by atoms with Gasteiger partial charge in [0.1, 0.15) is 0 Å². The highest BCUT2D eigenvalue weighted by Crippen LogP contribution is 2.43. The van der Waals surface area contributed by atoms with E-state index < -0.39 is 6.03 Å². The van der Waals surface area contributed by atoms with Crippen molar-refractivity contribution < 1.29 is 4.79 Å². The van der Waals surface area contributed by atoms with Crippen LogP contribution in [0, 0.1) is 0 Å². The van der Waals surface area contributed by atoms with Crippen molar-refractivity contribution in [1.29, 1.82) is 0 Å². The minimum absolute atomic E-state index is 0.298. The summed E-state index contributed by atoms with van der Waals surface area (Å²) >= 11 is 12.2. The Kier molecular flexibility index (Phi) is 4.29. The van der Waals surface area contributed by atoms with Crippen molar-refractivity contribution in [3.63, 3.8) is 0 Å². The molecule has 0 radical (unpaired) electrons. The SMILES string of the molecule is O=C(Nc1cnc(-n2nccn2)c(Cl)c1)Nc1cnc2cc(Cl)nn2c1C1CC1. The van der Waals surface area contributed by atoms with Crippen molar-refractivity contribution in [2.75, 3.05) is 10.6 Å². The zero-order valence-electron chi connectivity index (χ0n) is 14.8. The molecule has 10 nitrogen and oxygen atoms in total. The minimum atomic E-state index is -0.450. The normalized spacial score (nSPS) is 13.6. The first kappa shape index (κ1) is 17.8. The predicted molar refractivity (Wildman–Crippen MR) is 107 cm³/mol. The summed E-state index contributed by atoms with van der Waals surface area (Å²) in [6.45, 7) is 0. The number of hydrogen-bond donors (Lipinski definition) is 2. The van der Waals surface area contributed by atoms with E-state index >= 15 is 0 Å². The van der Waals surface area contributed by atoms with Crippen LogP contribution in [0.2, 0.25) is 10.2 Å². The van der Waals surface area contributed by atoms with Crippen LogP contribution >= 0.6 is 23.2 Å². The molecular weight excluding hydrogens is 417 g/mol. The Hall–Kier alpha value is -3.24. The molecule has 0 aliphatic heterocycles. The highest BCUT2D eigenvalue weighted by atomic mass is 35.5. The molecule has 1 aliphatic carbocycles. The van der Waals surface area contributed by atoms with Gasteiger partial charge in [-0.3, -0.25) is 0 Å². The van der Waals surface area contributed by atoms with Gasteiger partial charge in [0, 0.05) is 12.0 Å². The molecule has 2 N–H and O–H groups in total. The summed E-state index contributed by atoms with van der Waals surface area (Å²) in [5, 5.41) is 18.4. The first-order valence-corrected chi connectivity index (χ1v) is 9.48. The maximum Gasteiger partial charge on any atom is 0.323 e. The largest absolute Gasteiger partial charge is 0.323 e. The van der Waals surface area contributed by atoms with Gasteiger partial charge < -0.3 is 10.6 Å². The molecule has 0 aromatic carbocycles. The average molecular weight is 430 g/mol. The summed E-state index contributed by atoms with van der Waals surface area (Å²) in [5.41, 5.74) is 2.52. The maximum absolute atomic E-state index is 12.5. The Morgan fingerprint density at radius 3 is 2.59 bits per heavy atom. The number of hydrogen-bond acceptors (Lipinski definition) is 6. The van der Waals surface area contributed by atoms with Crippen LogP contribution in [0.4, 0.5) is 16.2 Å². The lowest BCUT2D eigenvalue weighted by Crippen LogP contribution is -2.21. The number of aromatic nitrogens is 7. The van der Waals surface area contributed by atoms with Crippen LogP contribution in [0.15, 0.2) is 36.9 Å². The van der Waals surface area contributed by atoms with Crippen LogP contribution in [0.1, 0.15) is 24.5 Å². The molecule has 0 atom stereocenters. The van der Waals surface area contributed by atoms with Crippen molar-refractivity contribution in [3.8, 4) is 5.82 Å². The molecular formula is C17H13Cl2N9O. The van der Waals surface area contributed by atoms with Crippen LogP contribution in [-0.2, 0) is 0 Å². The molecule has 1 saturated carbocycles. The van der Waals surface area contributed by atoms with Crippen molar-refractivity contribution >= 4 is 46.3 Å². The molecule has 0 bridgehead atoms. The van der Waals surface area contributed by atoms with Gasteiger partial charge in [-0.25, -0.2) is 19.3 Å². The molecule has 29 heavy (non-hydrogen) atoms. The van der Waals surface area contributed by atoms with Gasteiger partial charge in [-0.15, -0.1) is 4.80 Å². The number of anilines is 2. The second-order valence-electron chi connectivity index (χ2n) is 6.50. The van der Waals surface area contributed by atoms with Crippen molar-refractivity contribution in [1.82, 2.24) is 34.6 Å². The van der Waals surface area contributed by atoms with E-state index in [9.17, 15) is 4.79 Å². The van der Waals surface area contributed by atoms with E-state index in [-0.39, 0.29) is 0 Å². The molecule has 0 saturated heterocycles. The van der Waals surface area contributed by atoms with Gasteiger partial charge in [0.2, 0.25) is 0 Å². The second-order valence-corrected chi connectivity index (χ2v) is 7.29. The topological polar surface area (TPSA) is 115 Å². The van der Waals surface area contributed by atoms with E-state index in [0.29, 0.717) is 38.9 Å². The van der Waals surface area contributed by atoms with E-state index in [2.05, 4.69) is 35.9 Å². The Morgan fingerprint density at radius 1 is 1.07 bits per heavy atom. The predicted octanol–water partition coefficient (Wildman–Crippen LogP) is 3.53. The van der Waals surface area contributed by atoms with Crippen LogP contribution in [0.5, 0.6) is 0 Å². The monoisotopic (exact) mass is 429 g/mol. The van der Waals surface area contributed by atoms with E-state index in [4.69, 9.17) is 23.2 Å². The molecule has 5 rings (SSSR count). The smallest absolute Gasteiger partial charge is 0.306 e. The Morgan fingerprint density at radius 2 is 1.86 bits per heavy atom. The average Bonchev–Trinajstić information content (AvgIpc) is 3.21. The van der Waals surface area contributed by atoms with Gasteiger partial charge in [0.25, 0.3) is 0 Å². The highest BCUT2D eigenvalue weighted by molar-refractivity contribution is 6.32. The third kappa shape index (κ3) is 3.47. The lowest BCUT2D eigenvalue weighted by molar-refractivity contribution is 0.262. The molecule has 0 unspecified atom stereocenters. The number of rotatable bonds is 4. The van der Waals surface area contributed by atoms with Crippen molar-refractivity contribution in [2.45, 2.75) is 18.8 Å². The summed E-state index contributed by atoms with van der Waals surface area (Å²) in [7, 11) is 0. The lowest BCUT2D eigenvalue weighted by Gasteiger charge is -2.13. The maximum atomic E-state index is 12.5. The van der Waals surface area contributed by atoms with E-state index in [0.717, 1.165) is 18.5 Å². The Labute approximate surface area is 173 Å². The first-order chi connectivity index (χ1) is 14.1. The van der Waals surface area contributed by atoms with Crippen LogP contribution in [0.25, 0.3) is 11.5 Å². The standard InChI is InChI=1S/C17H13Cl2N9O/c18-11-5-10(7-21-16(11)28-22-3-4-23-28)24-17(29)25-12-8-20-14-6-13(19)26-27(14)15(12)9-1-2-9/h3-9H,1-2H2,(H2,24,25,29). The number of pyridine rings is 1. The number of carbonyl (C=O) groups excluding carboxylic acids is 1. The molecule has 4 aromatic rings. The van der Waals surface area contributed by atoms with E-state index in [1.807, 2.05) is 0 Å². The summed E-state index contributed by atoms with van der Waals surface area (Å²) in [6.07, 6.45) is 8.17. The van der Waals surface area contributed by atoms with Gasteiger partial charge in [0.05, 0.1) is 46.9 Å². The summed E-state index contributed by atoms with van der Waals surface area (Å²) in [6, 6.07) is 2.80. The fourth-order valence-electron chi connectivity index (χ4n) is 3.03. The molecule has 0 spiro atoms. The van der Waals surface area contributed by atoms with Crippen molar-refractivity contribution in [3.05, 3.63) is 52.8 Å². The molecule has 1 aliphatic rings. The first-order valence-electron chi connectivity index (χ1n) is 8.73. The Bertz CT molecular complexity index is 1220. The fraction of sp³-hybridized carbons (Fsp3) is 0.176. The minimum Gasteiger partial charge on any atom is -0.306 e. The third-order valence-electron chi connectivity index (χ3n) is 4.39. The van der Waals surface area contributed by atoms with Crippen LogP contribution < -0.4 is 10.6 Å². The van der Waals surface area contributed by atoms with Crippen LogP contribution in [-0.4, -0.2) is 40.6 Å². The third-order valence-corrected chi connectivity index (χ3v) is 4.85. The van der Waals surface area contributed by atoms with Gasteiger partial charge in [-0.2, -0.15) is 15.3 Å². The molecule has 146 valence electrons. The lowest BCUT2D eigenvalue weighted by atomic mass is 10.2. The zero-order chi connectivity index (χ0) is 20.0. The van der Waals surface area contributed by atoms with Gasteiger partial charge in [-0.05, 0) is 18.9 Å². The fourth-order valence-corrected chi connectivity index (χ4v) is 3.44. The van der Waals surface area contributed by atoms with Crippen LogP contribution in [0.3, 0.4) is 0 Å². The molecule has 4 aromatic heterocycles. The number of amides is 2. The quantitative estimate of drug-likeness (QED) is 0.512. The number of fused-ring (bicyclic) bond motifs is 1. The number of nitrogens with one attached hydrogen (secondary N) is 2. The molecule has 4 heterocycles. The summed E-state index contributed by atoms with van der Waals surface area (Å²) in [4.78, 5) is 22.3. The van der Waals surface area contributed by atoms with Gasteiger partial charge in [-0.1, -0.05) is 23.2 Å². The van der Waals surface area contributed by atoms with E-state index in [1.165, 1.54) is 23.4 Å². The molecule has 1 fully saturated rings. The number of urea groups is 1. The zero-order valence-corrected chi connectivity index (χ0v) is 16.3. The van der Waals surface area contributed by atoms with Crippen molar-refractivity contribution in [2.24, 2.45) is 0 Å². The van der Waals surface area contributed by atoms with E-state index in [1.54, 1.807) is 22.8 Å². The highest BCUT2D eigenvalue weighted by Gasteiger charge is 2.30. The molecule has 2 amide bonds. The number of nitrogens with zero attached hydrogens (tertiary/aromatic N) is 7. The number of carbonyl (C=O) groups is 1. The second kappa shape index (κ2) is 6.98. The van der Waals surface area contributed by atoms with Gasteiger partial charge in [0.15, 0.2) is 16.6 Å². The summed E-state index contributed by atoms with van der Waals surface area (Å²) in [5.74, 6) is 0.674. The van der Waals surface area contributed by atoms with Gasteiger partial charge >= 0.3 is 6.03 Å². The number of halogens is 2. The summed E-state index contributed by atoms with van der Waals surface area (Å²) < 4.78 is 1.68.